The molecular formula is C17H18ClFN4O4S. The lowest BCUT2D eigenvalue weighted by Gasteiger charge is -2.14. The quantitative estimate of drug-likeness (QED) is 0.622. The van der Waals surface area contributed by atoms with Crippen LogP contribution >= 0.6 is 12.4 Å². The molecule has 3 rings (SSSR count). The van der Waals surface area contributed by atoms with Crippen molar-refractivity contribution in [1.82, 2.24) is 14.7 Å². The van der Waals surface area contributed by atoms with Crippen molar-refractivity contribution >= 4 is 44.8 Å². The largest absolute Gasteiger partial charge is 0.497 e. The van der Waals surface area contributed by atoms with Crippen molar-refractivity contribution in [2.24, 2.45) is 0 Å². The van der Waals surface area contributed by atoms with E-state index in [0.717, 1.165) is 6.07 Å². The first-order chi connectivity index (χ1) is 12.9. The number of rotatable bonds is 6. The summed E-state index contributed by atoms with van der Waals surface area (Å²) in [6, 6.07) is 6.76. The third-order valence-electron chi connectivity index (χ3n) is 3.90. The number of nitrogens with one attached hydrogen (secondary N) is 2. The molecule has 0 saturated carbocycles. The van der Waals surface area contributed by atoms with Crippen molar-refractivity contribution in [3.63, 3.8) is 0 Å². The van der Waals surface area contributed by atoms with Gasteiger partial charge in [0.2, 0.25) is 10.0 Å². The van der Waals surface area contributed by atoms with Crippen molar-refractivity contribution in [3.05, 3.63) is 42.5 Å². The van der Waals surface area contributed by atoms with Crippen molar-refractivity contribution in [3.8, 4) is 11.5 Å². The highest BCUT2D eigenvalue weighted by atomic mass is 35.5. The summed E-state index contributed by atoms with van der Waals surface area (Å²) in [5.41, 5.74) is 0.465. The average molecular weight is 429 g/mol. The van der Waals surface area contributed by atoms with Crippen LogP contribution < -0.4 is 19.5 Å². The zero-order valence-corrected chi connectivity index (χ0v) is 16.8. The predicted octanol–water partition coefficient (Wildman–Crippen LogP) is 2.86. The maximum atomic E-state index is 14.3. The van der Waals surface area contributed by atoms with Gasteiger partial charge in [-0.1, -0.05) is 0 Å². The highest BCUT2D eigenvalue weighted by Gasteiger charge is 2.17. The molecule has 1 heterocycles. The second kappa shape index (κ2) is 8.55. The Kier molecular flexibility index (Phi) is 6.60. The number of methoxy groups -OCH3 is 2. The van der Waals surface area contributed by atoms with Crippen LogP contribution in [-0.4, -0.2) is 39.7 Å². The first-order valence-electron chi connectivity index (χ1n) is 7.76. The molecular weight excluding hydrogens is 411 g/mol. The summed E-state index contributed by atoms with van der Waals surface area (Å²) in [6.07, 6.45) is 1.30. The number of sulfonamides is 1. The Morgan fingerprint density at radius 3 is 2.46 bits per heavy atom. The zero-order valence-electron chi connectivity index (χ0n) is 15.2. The molecule has 8 nitrogen and oxygen atoms in total. The zero-order chi connectivity index (χ0) is 19.6. The Hall–Kier alpha value is -2.69. The molecule has 11 heteroatoms. The standard InChI is InChI=1S/C17H17FN4O4S.ClH/c1-19-27(23,24)11-4-5-12(18)13(8-11)22-17-16-14(20-9-21-17)6-10(25-2)7-15(16)26-3;/h4-9,19H,1-3H3,(H,20,21,22);1H. The molecule has 0 aliphatic carbocycles. The van der Waals surface area contributed by atoms with Gasteiger partial charge < -0.3 is 14.8 Å². The van der Waals surface area contributed by atoms with Gasteiger partial charge in [0.15, 0.2) is 0 Å². The molecule has 0 unspecified atom stereocenters. The lowest BCUT2D eigenvalue weighted by Crippen LogP contribution is -2.18. The van der Waals surface area contributed by atoms with Gasteiger partial charge in [-0.25, -0.2) is 27.5 Å². The molecule has 3 aromatic rings. The molecule has 28 heavy (non-hydrogen) atoms. The number of aromatic nitrogens is 2. The van der Waals surface area contributed by atoms with E-state index in [1.807, 2.05) is 0 Å². The van der Waals surface area contributed by atoms with Gasteiger partial charge in [0, 0.05) is 12.1 Å². The number of anilines is 2. The van der Waals surface area contributed by atoms with Gasteiger partial charge in [-0.2, -0.15) is 0 Å². The molecule has 0 fully saturated rings. The summed E-state index contributed by atoms with van der Waals surface area (Å²) in [6.45, 7) is 0. The lowest BCUT2D eigenvalue weighted by atomic mass is 10.2. The average Bonchev–Trinajstić information content (AvgIpc) is 2.68. The van der Waals surface area contributed by atoms with Crippen molar-refractivity contribution in [2.45, 2.75) is 4.90 Å². The van der Waals surface area contributed by atoms with Gasteiger partial charge in [0.05, 0.1) is 35.7 Å². The minimum absolute atomic E-state index is 0. The van der Waals surface area contributed by atoms with E-state index in [4.69, 9.17) is 9.47 Å². The Balaban J connectivity index is 0.00000280. The molecule has 0 atom stereocenters. The molecule has 0 radical (unpaired) electrons. The SMILES string of the molecule is CNS(=O)(=O)c1ccc(F)c(Nc2ncnc3cc(OC)cc(OC)c23)c1.Cl. The summed E-state index contributed by atoms with van der Waals surface area (Å²) >= 11 is 0. The molecule has 0 saturated heterocycles. The van der Waals surface area contributed by atoms with Gasteiger partial charge in [-0.15, -0.1) is 12.4 Å². The van der Waals surface area contributed by atoms with E-state index in [0.29, 0.717) is 22.4 Å². The Morgan fingerprint density at radius 2 is 1.82 bits per heavy atom. The van der Waals surface area contributed by atoms with Crippen LogP contribution in [0.15, 0.2) is 41.6 Å². The summed E-state index contributed by atoms with van der Waals surface area (Å²) in [4.78, 5) is 8.24. The fourth-order valence-electron chi connectivity index (χ4n) is 2.52. The Bertz CT molecular complexity index is 1110. The van der Waals surface area contributed by atoms with E-state index in [1.54, 1.807) is 12.1 Å². The number of nitrogens with zero attached hydrogens (tertiary/aromatic N) is 2. The molecule has 2 aromatic carbocycles. The molecule has 0 spiro atoms. The summed E-state index contributed by atoms with van der Waals surface area (Å²) in [7, 11) is 0.551. The van der Waals surface area contributed by atoms with E-state index in [2.05, 4.69) is 20.0 Å². The Labute approximate surface area is 167 Å². The number of hydrogen-bond donors (Lipinski definition) is 2. The summed E-state index contributed by atoms with van der Waals surface area (Å²) < 4.78 is 51.0. The van der Waals surface area contributed by atoms with Gasteiger partial charge in [-0.05, 0) is 25.2 Å². The van der Waals surface area contributed by atoms with Crippen molar-refractivity contribution in [1.29, 1.82) is 0 Å². The maximum Gasteiger partial charge on any atom is 0.240 e. The number of ether oxygens (including phenoxy) is 2. The van der Waals surface area contributed by atoms with Crippen LogP contribution in [-0.2, 0) is 10.0 Å². The van der Waals surface area contributed by atoms with Crippen LogP contribution in [0.2, 0.25) is 0 Å². The second-order valence-electron chi connectivity index (χ2n) is 5.42. The molecule has 2 N–H and O–H groups in total. The number of halogens is 2. The first-order valence-corrected chi connectivity index (χ1v) is 9.24. The molecule has 0 bridgehead atoms. The van der Waals surface area contributed by atoms with E-state index in [1.165, 1.54) is 39.7 Å². The van der Waals surface area contributed by atoms with Gasteiger partial charge in [0.25, 0.3) is 0 Å². The highest BCUT2D eigenvalue weighted by Crippen LogP contribution is 2.35. The minimum atomic E-state index is -3.72. The topological polar surface area (TPSA) is 102 Å². The van der Waals surface area contributed by atoms with Gasteiger partial charge in [-0.3, -0.25) is 0 Å². The minimum Gasteiger partial charge on any atom is -0.497 e. The molecule has 1 aromatic heterocycles. The fourth-order valence-corrected chi connectivity index (χ4v) is 3.27. The van der Waals surface area contributed by atoms with Crippen LogP contribution in [0.1, 0.15) is 0 Å². The first kappa shape index (κ1) is 21.6. The maximum absolute atomic E-state index is 14.3. The van der Waals surface area contributed by atoms with E-state index in [9.17, 15) is 12.8 Å². The third-order valence-corrected chi connectivity index (χ3v) is 5.31. The van der Waals surface area contributed by atoms with E-state index in [-0.39, 0.29) is 28.8 Å². The Morgan fingerprint density at radius 1 is 1.07 bits per heavy atom. The predicted molar refractivity (Wildman–Crippen MR) is 106 cm³/mol. The summed E-state index contributed by atoms with van der Waals surface area (Å²) in [5, 5.41) is 3.33. The van der Waals surface area contributed by atoms with Crippen LogP contribution in [0.4, 0.5) is 15.9 Å². The second-order valence-corrected chi connectivity index (χ2v) is 7.31. The number of fused-ring (bicyclic) bond motifs is 1. The van der Waals surface area contributed by atoms with Crippen LogP contribution in [0.5, 0.6) is 11.5 Å². The monoisotopic (exact) mass is 428 g/mol. The van der Waals surface area contributed by atoms with Gasteiger partial charge in [0.1, 0.15) is 29.5 Å². The smallest absolute Gasteiger partial charge is 0.240 e. The summed E-state index contributed by atoms with van der Waals surface area (Å²) in [5.74, 6) is 0.589. The molecule has 0 amide bonds. The van der Waals surface area contributed by atoms with Crippen LogP contribution in [0.25, 0.3) is 10.9 Å². The van der Waals surface area contributed by atoms with Crippen molar-refractivity contribution in [2.75, 3.05) is 26.6 Å². The molecule has 150 valence electrons. The van der Waals surface area contributed by atoms with Crippen molar-refractivity contribution < 1.29 is 22.3 Å². The van der Waals surface area contributed by atoms with E-state index >= 15 is 0 Å². The highest BCUT2D eigenvalue weighted by molar-refractivity contribution is 7.89. The third kappa shape index (κ3) is 4.08. The number of hydrogen-bond acceptors (Lipinski definition) is 7. The normalized spacial score (nSPS) is 11.0. The van der Waals surface area contributed by atoms with E-state index < -0.39 is 15.8 Å². The molecule has 0 aliphatic heterocycles. The van der Waals surface area contributed by atoms with Crippen LogP contribution in [0, 0.1) is 5.82 Å². The molecule has 0 aliphatic rings. The lowest BCUT2D eigenvalue weighted by molar-refractivity contribution is 0.398. The number of benzene rings is 2. The van der Waals surface area contributed by atoms with Crippen LogP contribution in [0.3, 0.4) is 0 Å². The fraction of sp³-hybridized carbons (Fsp3) is 0.176. The van der Waals surface area contributed by atoms with Gasteiger partial charge >= 0.3 is 0 Å².